The summed E-state index contributed by atoms with van der Waals surface area (Å²) in [5.74, 6) is 3.23. The van der Waals surface area contributed by atoms with Crippen LogP contribution in [-0.4, -0.2) is 26.6 Å². The van der Waals surface area contributed by atoms with E-state index in [-0.39, 0.29) is 6.04 Å². The van der Waals surface area contributed by atoms with Gasteiger partial charge in [0.15, 0.2) is 0 Å². The first-order chi connectivity index (χ1) is 12.1. The van der Waals surface area contributed by atoms with Gasteiger partial charge in [0.05, 0.1) is 7.11 Å². The second-order valence-electron chi connectivity index (χ2n) is 5.86. The van der Waals surface area contributed by atoms with Crippen molar-refractivity contribution in [1.29, 1.82) is 0 Å². The average molecular weight is 337 g/mol. The molecule has 0 aliphatic carbocycles. The van der Waals surface area contributed by atoms with E-state index in [0.717, 1.165) is 40.9 Å². The van der Waals surface area contributed by atoms with E-state index < -0.39 is 0 Å². The molecule has 1 atom stereocenters. The van der Waals surface area contributed by atoms with Gasteiger partial charge in [0.1, 0.15) is 29.3 Å². The van der Waals surface area contributed by atoms with Crippen LogP contribution in [0.15, 0.2) is 42.7 Å². The van der Waals surface area contributed by atoms with Gasteiger partial charge in [0.25, 0.3) is 0 Å². The minimum atomic E-state index is -0.185. The molecule has 0 saturated heterocycles. The Morgan fingerprint density at radius 1 is 1.24 bits per heavy atom. The highest BCUT2D eigenvalue weighted by Crippen LogP contribution is 2.31. The molecule has 6 nitrogen and oxygen atoms in total. The molecule has 3 aromatic rings. The first-order valence-electron chi connectivity index (χ1n) is 8.33. The van der Waals surface area contributed by atoms with Crippen LogP contribution in [-0.2, 0) is 13.5 Å². The number of aryl methyl sites for hydroxylation is 3. The second kappa shape index (κ2) is 7.34. The Bertz CT molecular complexity index is 859. The Labute approximate surface area is 147 Å². The summed E-state index contributed by atoms with van der Waals surface area (Å²) in [6.45, 7) is 3.99. The zero-order chi connectivity index (χ0) is 17.8. The molecule has 0 fully saturated rings. The van der Waals surface area contributed by atoms with Crippen molar-refractivity contribution in [3.05, 3.63) is 65.6 Å². The summed E-state index contributed by atoms with van der Waals surface area (Å²) < 4.78 is 7.56. The van der Waals surface area contributed by atoms with Crippen LogP contribution in [0.5, 0.6) is 5.75 Å². The molecule has 25 heavy (non-hydrogen) atoms. The number of hydrogen-bond donors (Lipinski definition) is 1. The summed E-state index contributed by atoms with van der Waals surface area (Å²) in [7, 11) is 3.66. The maximum absolute atomic E-state index is 5.56. The van der Waals surface area contributed by atoms with Crippen molar-refractivity contribution in [2.45, 2.75) is 26.3 Å². The molecule has 0 aliphatic rings. The van der Waals surface area contributed by atoms with E-state index in [9.17, 15) is 0 Å². The standard InChI is InChI=1S/C19H23N5O/c1-5-14-12-17(22-13(2)21-14)23-18(19-20-10-11-24(19)3)15-8-6-7-9-16(15)25-4/h6-12,18H,5H2,1-4H3,(H,21,22,23). The summed E-state index contributed by atoms with van der Waals surface area (Å²) in [5.41, 5.74) is 2.02. The first-order valence-corrected chi connectivity index (χ1v) is 8.33. The highest BCUT2D eigenvalue weighted by Gasteiger charge is 2.22. The van der Waals surface area contributed by atoms with Gasteiger partial charge in [-0.25, -0.2) is 15.0 Å². The number of imidazole rings is 1. The van der Waals surface area contributed by atoms with Crippen molar-refractivity contribution in [2.75, 3.05) is 12.4 Å². The highest BCUT2D eigenvalue weighted by atomic mass is 16.5. The number of para-hydroxylation sites is 1. The van der Waals surface area contributed by atoms with E-state index in [4.69, 9.17) is 4.74 Å². The lowest BCUT2D eigenvalue weighted by molar-refractivity contribution is 0.408. The average Bonchev–Trinajstić information content (AvgIpc) is 3.05. The fourth-order valence-electron chi connectivity index (χ4n) is 2.87. The molecule has 2 aromatic heterocycles. The molecule has 1 N–H and O–H groups in total. The Morgan fingerprint density at radius 2 is 2.04 bits per heavy atom. The summed E-state index contributed by atoms with van der Waals surface area (Å²) in [5, 5.41) is 3.51. The maximum atomic E-state index is 5.56. The van der Waals surface area contributed by atoms with E-state index in [1.807, 2.05) is 55.1 Å². The monoisotopic (exact) mass is 337 g/mol. The van der Waals surface area contributed by atoms with Crippen LogP contribution in [0.25, 0.3) is 0 Å². The molecule has 0 spiro atoms. The molecule has 1 aromatic carbocycles. The lowest BCUT2D eigenvalue weighted by atomic mass is 10.0. The molecule has 0 saturated carbocycles. The van der Waals surface area contributed by atoms with E-state index >= 15 is 0 Å². The fraction of sp³-hybridized carbons (Fsp3) is 0.316. The van der Waals surface area contributed by atoms with Gasteiger partial charge in [-0.15, -0.1) is 0 Å². The molecule has 6 heteroatoms. The van der Waals surface area contributed by atoms with Crippen LogP contribution in [0.2, 0.25) is 0 Å². The highest BCUT2D eigenvalue weighted by molar-refractivity contribution is 5.47. The smallest absolute Gasteiger partial charge is 0.135 e. The van der Waals surface area contributed by atoms with Gasteiger partial charge in [-0.3, -0.25) is 0 Å². The number of rotatable bonds is 6. The maximum Gasteiger partial charge on any atom is 0.135 e. The summed E-state index contributed by atoms with van der Waals surface area (Å²) in [4.78, 5) is 13.5. The largest absolute Gasteiger partial charge is 0.496 e. The third-order valence-corrected chi connectivity index (χ3v) is 4.11. The van der Waals surface area contributed by atoms with Gasteiger partial charge in [-0.2, -0.15) is 0 Å². The SMILES string of the molecule is CCc1cc(NC(c2ccccc2OC)c2nccn2C)nc(C)n1. The summed E-state index contributed by atoms with van der Waals surface area (Å²) in [6, 6.07) is 9.75. The van der Waals surface area contributed by atoms with Crippen LogP contribution in [0.3, 0.4) is 0 Å². The lowest BCUT2D eigenvalue weighted by Crippen LogP contribution is -2.18. The number of benzene rings is 1. The summed E-state index contributed by atoms with van der Waals surface area (Å²) >= 11 is 0. The fourth-order valence-corrected chi connectivity index (χ4v) is 2.87. The topological polar surface area (TPSA) is 64.9 Å². The predicted molar refractivity (Wildman–Crippen MR) is 97.8 cm³/mol. The van der Waals surface area contributed by atoms with Crippen molar-refractivity contribution in [3.8, 4) is 5.75 Å². The number of hydrogen-bond acceptors (Lipinski definition) is 5. The third-order valence-electron chi connectivity index (χ3n) is 4.11. The normalized spacial score (nSPS) is 12.0. The van der Waals surface area contributed by atoms with Crippen LogP contribution in [0.1, 0.15) is 35.9 Å². The first kappa shape index (κ1) is 17.0. The number of nitrogens with one attached hydrogen (secondary N) is 1. The zero-order valence-corrected chi connectivity index (χ0v) is 15.0. The third kappa shape index (κ3) is 3.63. The van der Waals surface area contributed by atoms with Crippen LogP contribution < -0.4 is 10.1 Å². The molecule has 0 aliphatic heterocycles. The number of aromatic nitrogens is 4. The molecule has 2 heterocycles. The van der Waals surface area contributed by atoms with Gasteiger partial charge < -0.3 is 14.6 Å². The van der Waals surface area contributed by atoms with Crippen LogP contribution >= 0.6 is 0 Å². The van der Waals surface area contributed by atoms with E-state index in [1.165, 1.54) is 0 Å². The molecule has 0 radical (unpaired) electrons. The van der Waals surface area contributed by atoms with Crippen molar-refractivity contribution in [2.24, 2.45) is 7.05 Å². The molecule has 1 unspecified atom stereocenters. The number of methoxy groups -OCH3 is 1. The van der Waals surface area contributed by atoms with Crippen molar-refractivity contribution < 1.29 is 4.74 Å². The van der Waals surface area contributed by atoms with E-state index in [0.29, 0.717) is 0 Å². The predicted octanol–water partition coefficient (Wildman–Crippen LogP) is 3.29. The Kier molecular flexibility index (Phi) is 4.97. The number of nitrogens with zero attached hydrogens (tertiary/aromatic N) is 4. The van der Waals surface area contributed by atoms with E-state index in [2.05, 4.69) is 27.2 Å². The lowest BCUT2D eigenvalue weighted by Gasteiger charge is -2.22. The minimum absolute atomic E-state index is 0.185. The van der Waals surface area contributed by atoms with Gasteiger partial charge in [0.2, 0.25) is 0 Å². The quantitative estimate of drug-likeness (QED) is 0.748. The Hall–Kier alpha value is -2.89. The molecule has 0 bridgehead atoms. The molecular weight excluding hydrogens is 314 g/mol. The minimum Gasteiger partial charge on any atom is -0.496 e. The number of ether oxygens (including phenoxy) is 1. The Morgan fingerprint density at radius 3 is 2.72 bits per heavy atom. The van der Waals surface area contributed by atoms with E-state index in [1.54, 1.807) is 13.3 Å². The molecule has 130 valence electrons. The van der Waals surface area contributed by atoms with Crippen molar-refractivity contribution in [1.82, 2.24) is 19.5 Å². The van der Waals surface area contributed by atoms with Gasteiger partial charge >= 0.3 is 0 Å². The summed E-state index contributed by atoms with van der Waals surface area (Å²) in [6.07, 6.45) is 4.59. The van der Waals surface area contributed by atoms with Gasteiger partial charge in [-0.1, -0.05) is 25.1 Å². The van der Waals surface area contributed by atoms with Crippen molar-refractivity contribution >= 4 is 5.82 Å². The van der Waals surface area contributed by atoms with Gasteiger partial charge in [-0.05, 0) is 19.4 Å². The zero-order valence-electron chi connectivity index (χ0n) is 15.0. The van der Waals surface area contributed by atoms with Crippen LogP contribution in [0, 0.1) is 6.92 Å². The molecule has 0 amide bonds. The molecular formula is C19H23N5O. The number of anilines is 1. The second-order valence-corrected chi connectivity index (χ2v) is 5.86. The van der Waals surface area contributed by atoms with Crippen molar-refractivity contribution in [3.63, 3.8) is 0 Å². The molecule has 3 rings (SSSR count). The van der Waals surface area contributed by atoms with Crippen LogP contribution in [0.4, 0.5) is 5.82 Å². The Balaban J connectivity index is 2.06. The van der Waals surface area contributed by atoms with Gasteiger partial charge in [0, 0.05) is 36.8 Å².